The number of rotatable bonds is 5. The molecule has 29 heavy (non-hydrogen) atoms. The molecule has 1 unspecified atom stereocenters. The van der Waals surface area contributed by atoms with E-state index >= 15 is 0 Å². The highest BCUT2D eigenvalue weighted by Gasteiger charge is 2.53. The molecule has 2 fully saturated rings. The number of fused-ring (bicyclic) bond motifs is 4. The van der Waals surface area contributed by atoms with E-state index in [1.54, 1.807) is 0 Å². The molecule has 1 saturated heterocycles. The van der Waals surface area contributed by atoms with Crippen LogP contribution in [-0.4, -0.2) is 42.1 Å². The van der Waals surface area contributed by atoms with Crippen LogP contribution in [0.15, 0.2) is 18.2 Å². The van der Waals surface area contributed by atoms with Crippen LogP contribution >= 0.6 is 0 Å². The Morgan fingerprint density at radius 1 is 1.31 bits per heavy atom. The fourth-order valence-electron chi connectivity index (χ4n) is 5.59. The number of esters is 1. The van der Waals surface area contributed by atoms with E-state index in [0.29, 0.717) is 12.0 Å². The third-order valence-electron chi connectivity index (χ3n) is 7.43. The van der Waals surface area contributed by atoms with E-state index in [-0.39, 0.29) is 24.0 Å². The number of likely N-dealkylation sites (tertiary alicyclic amines) is 1. The molecule has 0 spiro atoms. The van der Waals surface area contributed by atoms with E-state index in [9.17, 15) is 4.79 Å². The standard InChI is InChI=1S/C25H38N2O2/c1-16-7-10-19-20(13-16)25(6)11-12-27(15-18-8-9-18)23(17(25)2)22(19)26-14-21(28)29-24(3,4)5/h7,10,13,17-18,22-23,26H,8-9,11-12,14-15H2,1-6H3/t17-,22?,23-,25-/m0/s1. The largest absolute Gasteiger partial charge is 0.459 e. The highest BCUT2D eigenvalue weighted by Crippen LogP contribution is 2.53. The smallest absolute Gasteiger partial charge is 0.320 e. The van der Waals surface area contributed by atoms with E-state index in [2.05, 4.69) is 49.2 Å². The van der Waals surface area contributed by atoms with Gasteiger partial charge in [0.05, 0.1) is 6.54 Å². The summed E-state index contributed by atoms with van der Waals surface area (Å²) in [6, 6.07) is 7.50. The SMILES string of the molecule is Cc1ccc2c(c1)[C@@]1(C)CCN(CC3CC3)[C@H](C2NCC(=O)OC(C)(C)C)[C@@H]1C. The molecule has 4 atom stereocenters. The zero-order valence-electron chi connectivity index (χ0n) is 19.0. The fraction of sp³-hybridized carbons (Fsp3) is 0.720. The van der Waals surface area contributed by atoms with Crippen molar-refractivity contribution in [3.05, 3.63) is 34.9 Å². The molecule has 2 aliphatic carbocycles. The van der Waals surface area contributed by atoms with Gasteiger partial charge in [0.25, 0.3) is 0 Å². The minimum Gasteiger partial charge on any atom is -0.459 e. The van der Waals surface area contributed by atoms with E-state index < -0.39 is 5.60 Å². The van der Waals surface area contributed by atoms with Gasteiger partial charge in [-0.25, -0.2) is 0 Å². The number of benzene rings is 1. The second kappa shape index (κ2) is 7.39. The lowest BCUT2D eigenvalue weighted by Gasteiger charge is -2.58. The lowest BCUT2D eigenvalue weighted by atomic mass is 9.57. The van der Waals surface area contributed by atoms with Crippen molar-refractivity contribution in [3.63, 3.8) is 0 Å². The molecule has 4 nitrogen and oxygen atoms in total. The predicted molar refractivity (Wildman–Crippen MR) is 117 cm³/mol. The lowest BCUT2D eigenvalue weighted by Crippen LogP contribution is -2.62. The third kappa shape index (κ3) is 4.11. The summed E-state index contributed by atoms with van der Waals surface area (Å²) in [7, 11) is 0. The molecule has 1 saturated carbocycles. The molecular formula is C25H38N2O2. The molecule has 1 N–H and O–H groups in total. The van der Waals surface area contributed by atoms with Crippen molar-refractivity contribution in [3.8, 4) is 0 Å². The minimum atomic E-state index is -0.449. The van der Waals surface area contributed by atoms with Crippen molar-refractivity contribution in [1.29, 1.82) is 0 Å². The Balaban J connectivity index is 1.65. The van der Waals surface area contributed by atoms with Crippen LogP contribution in [0.1, 0.15) is 76.6 Å². The van der Waals surface area contributed by atoms with Crippen molar-refractivity contribution in [2.24, 2.45) is 11.8 Å². The summed E-state index contributed by atoms with van der Waals surface area (Å²) < 4.78 is 5.57. The number of nitrogens with one attached hydrogen (secondary N) is 1. The summed E-state index contributed by atoms with van der Waals surface area (Å²) in [6.07, 6.45) is 3.97. The van der Waals surface area contributed by atoms with Crippen LogP contribution in [-0.2, 0) is 14.9 Å². The summed E-state index contributed by atoms with van der Waals surface area (Å²) in [5, 5.41) is 3.63. The maximum Gasteiger partial charge on any atom is 0.320 e. The quantitative estimate of drug-likeness (QED) is 0.749. The van der Waals surface area contributed by atoms with Crippen LogP contribution < -0.4 is 5.32 Å². The zero-order chi connectivity index (χ0) is 21.0. The van der Waals surface area contributed by atoms with Gasteiger partial charge in [-0.3, -0.25) is 15.0 Å². The Morgan fingerprint density at radius 3 is 2.69 bits per heavy atom. The third-order valence-corrected chi connectivity index (χ3v) is 7.43. The highest BCUT2D eigenvalue weighted by molar-refractivity contribution is 5.72. The second-order valence-corrected chi connectivity index (χ2v) is 10.9. The average Bonchev–Trinajstić information content (AvgIpc) is 3.42. The molecule has 1 aromatic carbocycles. The van der Waals surface area contributed by atoms with Gasteiger partial charge in [-0.15, -0.1) is 0 Å². The Kier molecular flexibility index (Phi) is 5.31. The Labute approximate surface area is 176 Å². The first kappa shape index (κ1) is 20.9. The van der Waals surface area contributed by atoms with E-state index in [0.717, 1.165) is 12.5 Å². The number of aryl methyl sites for hydroxylation is 1. The van der Waals surface area contributed by atoms with Gasteiger partial charge in [-0.2, -0.15) is 0 Å². The maximum atomic E-state index is 12.5. The second-order valence-electron chi connectivity index (χ2n) is 10.9. The van der Waals surface area contributed by atoms with E-state index in [1.165, 1.54) is 42.5 Å². The van der Waals surface area contributed by atoms with Crippen molar-refractivity contribution in [2.45, 2.75) is 83.9 Å². The molecule has 1 heterocycles. The summed E-state index contributed by atoms with van der Waals surface area (Å²) in [4.78, 5) is 15.2. The summed E-state index contributed by atoms with van der Waals surface area (Å²) in [5.74, 6) is 1.25. The summed E-state index contributed by atoms with van der Waals surface area (Å²) in [6.45, 7) is 15.5. The van der Waals surface area contributed by atoms with E-state index in [4.69, 9.17) is 4.74 Å². The predicted octanol–water partition coefficient (Wildman–Crippen LogP) is 4.36. The molecular weight excluding hydrogens is 360 g/mol. The highest BCUT2D eigenvalue weighted by atomic mass is 16.6. The number of piperidine rings is 1. The molecule has 1 aromatic rings. The van der Waals surface area contributed by atoms with Crippen LogP contribution in [0.25, 0.3) is 0 Å². The van der Waals surface area contributed by atoms with Crippen molar-refractivity contribution < 1.29 is 9.53 Å². The van der Waals surface area contributed by atoms with Crippen molar-refractivity contribution >= 4 is 5.97 Å². The number of carbonyl (C=O) groups excluding carboxylic acids is 1. The Hall–Kier alpha value is -1.39. The van der Waals surface area contributed by atoms with Crippen molar-refractivity contribution in [1.82, 2.24) is 10.2 Å². The molecule has 0 amide bonds. The van der Waals surface area contributed by atoms with Gasteiger partial charge in [0, 0.05) is 18.6 Å². The maximum absolute atomic E-state index is 12.5. The van der Waals surface area contributed by atoms with Crippen LogP contribution in [0.5, 0.6) is 0 Å². The molecule has 3 aliphatic rings. The normalized spacial score (nSPS) is 32.0. The van der Waals surface area contributed by atoms with Gasteiger partial charge in [-0.05, 0) is 81.9 Å². The lowest BCUT2D eigenvalue weighted by molar-refractivity contribution is -0.154. The van der Waals surface area contributed by atoms with E-state index in [1.807, 2.05) is 20.8 Å². The van der Waals surface area contributed by atoms with Gasteiger partial charge >= 0.3 is 5.97 Å². The first-order chi connectivity index (χ1) is 13.6. The van der Waals surface area contributed by atoms with Crippen LogP contribution in [0.4, 0.5) is 0 Å². The van der Waals surface area contributed by atoms with Crippen LogP contribution in [0, 0.1) is 18.8 Å². The molecule has 4 rings (SSSR count). The number of hydrogen-bond acceptors (Lipinski definition) is 4. The topological polar surface area (TPSA) is 41.6 Å². The number of nitrogens with zero attached hydrogens (tertiary/aromatic N) is 1. The van der Waals surface area contributed by atoms with Gasteiger partial charge in [0.2, 0.25) is 0 Å². The number of carbonyl (C=O) groups is 1. The number of ether oxygens (including phenoxy) is 1. The molecule has 0 aromatic heterocycles. The van der Waals surface area contributed by atoms with Gasteiger partial charge in [0.15, 0.2) is 0 Å². The monoisotopic (exact) mass is 398 g/mol. The fourth-order valence-corrected chi connectivity index (χ4v) is 5.59. The average molecular weight is 399 g/mol. The molecule has 4 heteroatoms. The first-order valence-electron chi connectivity index (χ1n) is 11.4. The Bertz CT molecular complexity index is 780. The minimum absolute atomic E-state index is 0.167. The number of hydrogen-bond donors (Lipinski definition) is 1. The summed E-state index contributed by atoms with van der Waals surface area (Å²) in [5.41, 5.74) is 3.94. The zero-order valence-corrected chi connectivity index (χ0v) is 19.0. The molecule has 1 aliphatic heterocycles. The van der Waals surface area contributed by atoms with Crippen LogP contribution in [0.2, 0.25) is 0 Å². The summed E-state index contributed by atoms with van der Waals surface area (Å²) >= 11 is 0. The van der Waals surface area contributed by atoms with Gasteiger partial charge < -0.3 is 4.74 Å². The first-order valence-corrected chi connectivity index (χ1v) is 11.4. The molecule has 2 bridgehead atoms. The van der Waals surface area contributed by atoms with Crippen molar-refractivity contribution in [2.75, 3.05) is 19.6 Å². The van der Waals surface area contributed by atoms with Gasteiger partial charge in [-0.1, -0.05) is 37.6 Å². The molecule has 160 valence electrons. The molecule has 0 radical (unpaired) electrons. The van der Waals surface area contributed by atoms with Crippen LogP contribution in [0.3, 0.4) is 0 Å². The Morgan fingerprint density at radius 2 is 2.03 bits per heavy atom. The van der Waals surface area contributed by atoms with Gasteiger partial charge in [0.1, 0.15) is 5.60 Å².